The quantitative estimate of drug-likeness (QED) is 0.808. The lowest BCUT2D eigenvalue weighted by Crippen LogP contribution is -2.35. The molecule has 2 rings (SSSR count). The number of rotatable bonds is 2. The average Bonchev–Trinajstić information content (AvgIpc) is 2.33. The van der Waals surface area contributed by atoms with E-state index in [1.165, 1.54) is 25.7 Å². The molecule has 0 unspecified atom stereocenters. The number of nitrogens with two attached hydrogens (primary N) is 1. The molecule has 0 aliphatic heterocycles. The minimum Gasteiger partial charge on any atom is -0.396 e. The van der Waals surface area contributed by atoms with Crippen molar-refractivity contribution in [1.82, 2.24) is 0 Å². The molecular formula is C14H21ClN2. The zero-order chi connectivity index (χ0) is 12.4. The highest BCUT2D eigenvalue weighted by atomic mass is 35.5. The second-order valence-corrected chi connectivity index (χ2v) is 5.60. The summed E-state index contributed by atoms with van der Waals surface area (Å²) >= 11 is 6.07. The van der Waals surface area contributed by atoms with Gasteiger partial charge in [-0.05, 0) is 43.7 Å². The lowest BCUT2D eigenvalue weighted by atomic mass is 9.86. The molecule has 1 saturated carbocycles. The van der Waals surface area contributed by atoms with E-state index < -0.39 is 0 Å². The highest BCUT2D eigenvalue weighted by Gasteiger charge is 2.23. The Hall–Kier alpha value is -0.890. The van der Waals surface area contributed by atoms with E-state index in [1.807, 2.05) is 12.1 Å². The topological polar surface area (TPSA) is 29.3 Å². The van der Waals surface area contributed by atoms with Crippen molar-refractivity contribution in [2.24, 2.45) is 5.92 Å². The largest absolute Gasteiger partial charge is 0.396 e. The fourth-order valence-electron chi connectivity index (χ4n) is 2.66. The molecule has 1 fully saturated rings. The average molecular weight is 253 g/mol. The smallest absolute Gasteiger partial charge is 0.0741 e. The van der Waals surface area contributed by atoms with Gasteiger partial charge in [-0.3, -0.25) is 0 Å². The fraction of sp³-hybridized carbons (Fsp3) is 0.571. The van der Waals surface area contributed by atoms with E-state index in [-0.39, 0.29) is 0 Å². The van der Waals surface area contributed by atoms with E-state index in [9.17, 15) is 0 Å². The first-order chi connectivity index (χ1) is 8.09. The lowest BCUT2D eigenvalue weighted by Gasteiger charge is -2.35. The molecule has 94 valence electrons. The van der Waals surface area contributed by atoms with Crippen LogP contribution in [0.1, 0.15) is 32.6 Å². The van der Waals surface area contributed by atoms with E-state index in [1.54, 1.807) is 0 Å². The van der Waals surface area contributed by atoms with Crippen LogP contribution in [-0.4, -0.2) is 13.1 Å². The first-order valence-corrected chi connectivity index (χ1v) is 6.74. The van der Waals surface area contributed by atoms with Crippen LogP contribution >= 0.6 is 11.6 Å². The van der Waals surface area contributed by atoms with Gasteiger partial charge in [0.15, 0.2) is 0 Å². The molecule has 2 nitrogen and oxygen atoms in total. The van der Waals surface area contributed by atoms with Gasteiger partial charge in [-0.1, -0.05) is 24.6 Å². The van der Waals surface area contributed by atoms with Crippen LogP contribution in [0.5, 0.6) is 0 Å². The predicted molar refractivity (Wildman–Crippen MR) is 75.7 cm³/mol. The normalized spacial score (nSPS) is 24.6. The van der Waals surface area contributed by atoms with Crippen molar-refractivity contribution in [2.75, 3.05) is 17.7 Å². The Bertz CT molecular complexity index is 384. The fourth-order valence-corrected chi connectivity index (χ4v) is 2.83. The van der Waals surface area contributed by atoms with Crippen LogP contribution in [0.25, 0.3) is 0 Å². The number of halogens is 1. The second kappa shape index (κ2) is 5.18. The van der Waals surface area contributed by atoms with E-state index in [4.69, 9.17) is 17.3 Å². The third-order valence-corrected chi connectivity index (χ3v) is 4.27. The predicted octanol–water partition coefficient (Wildman–Crippen LogP) is 3.94. The van der Waals surface area contributed by atoms with Crippen molar-refractivity contribution in [3.8, 4) is 0 Å². The van der Waals surface area contributed by atoms with Crippen molar-refractivity contribution in [1.29, 1.82) is 0 Å². The van der Waals surface area contributed by atoms with Crippen molar-refractivity contribution in [2.45, 2.75) is 38.6 Å². The molecule has 0 bridgehead atoms. The van der Waals surface area contributed by atoms with Crippen LogP contribution in [0, 0.1) is 5.92 Å². The molecule has 3 heteroatoms. The zero-order valence-corrected chi connectivity index (χ0v) is 11.4. The number of hydrogen-bond donors (Lipinski definition) is 1. The van der Waals surface area contributed by atoms with Gasteiger partial charge in [0.05, 0.1) is 16.4 Å². The molecule has 1 aromatic rings. The Morgan fingerprint density at radius 3 is 2.53 bits per heavy atom. The highest BCUT2D eigenvalue weighted by Crippen LogP contribution is 2.34. The molecule has 0 spiro atoms. The van der Waals surface area contributed by atoms with E-state index in [2.05, 4.69) is 24.9 Å². The summed E-state index contributed by atoms with van der Waals surface area (Å²) in [4.78, 5) is 2.30. The summed E-state index contributed by atoms with van der Waals surface area (Å²) in [5.41, 5.74) is 7.81. The Balaban J connectivity index is 2.14. The monoisotopic (exact) mass is 252 g/mol. The lowest BCUT2D eigenvalue weighted by molar-refractivity contribution is 0.341. The van der Waals surface area contributed by atoms with Gasteiger partial charge in [-0.2, -0.15) is 0 Å². The second-order valence-electron chi connectivity index (χ2n) is 5.20. The van der Waals surface area contributed by atoms with Crippen molar-refractivity contribution in [3.63, 3.8) is 0 Å². The van der Waals surface area contributed by atoms with Gasteiger partial charge in [0.1, 0.15) is 0 Å². The van der Waals surface area contributed by atoms with Gasteiger partial charge in [0, 0.05) is 13.1 Å². The Labute approximate surface area is 109 Å². The molecule has 0 amide bonds. The summed E-state index contributed by atoms with van der Waals surface area (Å²) in [5.74, 6) is 0.872. The first kappa shape index (κ1) is 12.6. The summed E-state index contributed by atoms with van der Waals surface area (Å²) < 4.78 is 0. The zero-order valence-electron chi connectivity index (χ0n) is 10.6. The molecule has 0 radical (unpaired) electrons. The number of nitrogens with zero attached hydrogens (tertiary/aromatic N) is 1. The molecule has 0 atom stereocenters. The molecule has 1 aliphatic carbocycles. The standard InChI is InChI=1S/C14H21ClN2/c1-10-6-8-11(9-7-10)17(2)13-5-3-4-12(15)14(13)16/h3-5,10-11H,6-9,16H2,1-2H3. The number of para-hydroxylation sites is 1. The SMILES string of the molecule is CC1CCC(N(C)c2cccc(Cl)c2N)CC1. The molecule has 1 aromatic carbocycles. The van der Waals surface area contributed by atoms with Gasteiger partial charge < -0.3 is 10.6 Å². The van der Waals surface area contributed by atoms with Crippen LogP contribution < -0.4 is 10.6 Å². The van der Waals surface area contributed by atoms with Crippen LogP contribution in [0.4, 0.5) is 11.4 Å². The summed E-state index contributed by atoms with van der Waals surface area (Å²) in [5, 5.41) is 0.651. The maximum absolute atomic E-state index is 6.07. The van der Waals surface area contributed by atoms with Crippen molar-refractivity contribution >= 4 is 23.0 Å². The summed E-state index contributed by atoms with van der Waals surface area (Å²) in [6, 6.07) is 6.47. The van der Waals surface area contributed by atoms with Crippen LogP contribution in [0.2, 0.25) is 5.02 Å². The minimum atomic E-state index is 0.604. The van der Waals surface area contributed by atoms with E-state index >= 15 is 0 Å². The third kappa shape index (κ3) is 2.68. The van der Waals surface area contributed by atoms with Crippen LogP contribution in [0.15, 0.2) is 18.2 Å². The first-order valence-electron chi connectivity index (χ1n) is 6.36. The van der Waals surface area contributed by atoms with E-state index in [0.717, 1.165) is 11.6 Å². The summed E-state index contributed by atoms with van der Waals surface area (Å²) in [6.07, 6.45) is 5.14. The molecule has 17 heavy (non-hydrogen) atoms. The van der Waals surface area contributed by atoms with Crippen LogP contribution in [0.3, 0.4) is 0 Å². The summed E-state index contributed by atoms with van der Waals surface area (Å²) in [6.45, 7) is 2.34. The molecule has 0 aromatic heterocycles. The molecule has 1 aliphatic rings. The number of hydrogen-bond acceptors (Lipinski definition) is 2. The van der Waals surface area contributed by atoms with Crippen LogP contribution in [-0.2, 0) is 0 Å². The molecular weight excluding hydrogens is 232 g/mol. The van der Waals surface area contributed by atoms with E-state index in [0.29, 0.717) is 16.8 Å². The molecule has 0 saturated heterocycles. The maximum atomic E-state index is 6.07. The minimum absolute atomic E-state index is 0.604. The van der Waals surface area contributed by atoms with Gasteiger partial charge in [0.2, 0.25) is 0 Å². The maximum Gasteiger partial charge on any atom is 0.0741 e. The van der Waals surface area contributed by atoms with Gasteiger partial charge in [0.25, 0.3) is 0 Å². The van der Waals surface area contributed by atoms with Gasteiger partial charge >= 0.3 is 0 Å². The number of nitrogen functional groups attached to an aromatic ring is 1. The molecule has 2 N–H and O–H groups in total. The number of benzene rings is 1. The third-order valence-electron chi connectivity index (χ3n) is 3.94. The number of anilines is 2. The highest BCUT2D eigenvalue weighted by molar-refractivity contribution is 6.33. The molecule has 0 heterocycles. The van der Waals surface area contributed by atoms with Crippen molar-refractivity contribution in [3.05, 3.63) is 23.2 Å². The Morgan fingerprint density at radius 2 is 1.88 bits per heavy atom. The van der Waals surface area contributed by atoms with Crippen molar-refractivity contribution < 1.29 is 0 Å². The van der Waals surface area contributed by atoms with Gasteiger partial charge in [-0.25, -0.2) is 0 Å². The van der Waals surface area contributed by atoms with Gasteiger partial charge in [-0.15, -0.1) is 0 Å². The summed E-state index contributed by atoms with van der Waals surface area (Å²) in [7, 11) is 2.13. The Kier molecular flexibility index (Phi) is 3.82. The Morgan fingerprint density at radius 1 is 1.24 bits per heavy atom.